The van der Waals surface area contributed by atoms with Crippen LogP contribution in [0.25, 0.3) is 5.69 Å². The molecule has 2 N–H and O–H groups in total. The molecular weight excluding hydrogens is 402 g/mol. The van der Waals surface area contributed by atoms with Crippen molar-refractivity contribution in [3.8, 4) is 5.69 Å². The maximum absolute atomic E-state index is 12.4. The highest BCUT2D eigenvalue weighted by molar-refractivity contribution is 7.99. The van der Waals surface area contributed by atoms with Gasteiger partial charge in [0.15, 0.2) is 5.16 Å². The summed E-state index contributed by atoms with van der Waals surface area (Å²) in [7, 11) is 0. The molecule has 0 fully saturated rings. The average molecular weight is 418 g/mol. The second-order valence-electron chi connectivity index (χ2n) is 5.91. The van der Waals surface area contributed by atoms with Crippen molar-refractivity contribution >= 4 is 35.1 Å². The molecule has 0 spiro atoms. The van der Waals surface area contributed by atoms with E-state index in [0.29, 0.717) is 15.9 Å². The second kappa shape index (κ2) is 8.41. The van der Waals surface area contributed by atoms with E-state index in [4.69, 9.17) is 11.6 Å². The summed E-state index contributed by atoms with van der Waals surface area (Å²) in [5, 5.41) is 3.48. The zero-order valence-electron chi connectivity index (χ0n) is 15.0. The molecule has 0 atom stereocenters. The fourth-order valence-corrected chi connectivity index (χ4v) is 3.46. The van der Waals surface area contributed by atoms with Gasteiger partial charge in [-0.1, -0.05) is 29.4 Å². The Morgan fingerprint density at radius 3 is 2.57 bits per heavy atom. The Kier molecular flexibility index (Phi) is 5.96. The van der Waals surface area contributed by atoms with Crippen molar-refractivity contribution in [3.63, 3.8) is 0 Å². The van der Waals surface area contributed by atoms with Crippen LogP contribution >= 0.6 is 23.4 Å². The lowest BCUT2D eigenvalue weighted by molar-refractivity contribution is -0.113. The Morgan fingerprint density at radius 2 is 1.89 bits per heavy atom. The highest BCUT2D eigenvalue weighted by Crippen LogP contribution is 2.18. The van der Waals surface area contributed by atoms with E-state index < -0.39 is 17.2 Å². The fourth-order valence-electron chi connectivity index (χ4n) is 2.53. The number of hydrogen-bond donors (Lipinski definition) is 2. The number of rotatable bonds is 5. The summed E-state index contributed by atoms with van der Waals surface area (Å²) in [6.07, 6.45) is 0. The Morgan fingerprint density at radius 1 is 1.18 bits per heavy atom. The van der Waals surface area contributed by atoms with Gasteiger partial charge in [-0.25, -0.2) is 19.3 Å². The molecule has 0 aliphatic heterocycles. The predicted molar refractivity (Wildman–Crippen MR) is 109 cm³/mol. The van der Waals surface area contributed by atoms with Gasteiger partial charge >= 0.3 is 5.69 Å². The first-order valence-corrected chi connectivity index (χ1v) is 9.55. The summed E-state index contributed by atoms with van der Waals surface area (Å²) in [6.45, 7) is 3.69. The third-order valence-electron chi connectivity index (χ3n) is 3.57. The molecule has 28 heavy (non-hydrogen) atoms. The van der Waals surface area contributed by atoms with Crippen LogP contribution in [0.2, 0.25) is 5.02 Å². The van der Waals surface area contributed by atoms with E-state index in [1.165, 1.54) is 4.57 Å². The number of aromatic nitrogens is 4. The van der Waals surface area contributed by atoms with E-state index in [2.05, 4.69) is 20.3 Å². The van der Waals surface area contributed by atoms with E-state index in [-0.39, 0.29) is 11.6 Å². The minimum absolute atomic E-state index is 0.0133. The van der Waals surface area contributed by atoms with Crippen LogP contribution < -0.4 is 16.6 Å². The lowest BCUT2D eigenvalue weighted by Gasteiger charge is -2.13. The molecule has 0 saturated heterocycles. The summed E-state index contributed by atoms with van der Waals surface area (Å²) >= 11 is 7.15. The van der Waals surface area contributed by atoms with Gasteiger partial charge in [-0.2, -0.15) is 0 Å². The van der Waals surface area contributed by atoms with Gasteiger partial charge in [0.1, 0.15) is 5.82 Å². The fraction of sp³-hybridized carbons (Fsp3) is 0.167. The molecule has 2 heterocycles. The Labute approximate surface area is 169 Å². The first-order valence-electron chi connectivity index (χ1n) is 8.19. The maximum Gasteiger partial charge on any atom is 0.334 e. The van der Waals surface area contributed by atoms with Crippen LogP contribution in [-0.4, -0.2) is 31.2 Å². The standard InChI is InChI=1S/C18H16ClN5O3S/c1-10-6-11(2)21-17(20-10)28-9-16(26)22-14-8-15(25)23-18(27)24(14)13-5-3-4-12(19)7-13/h3-8H,9H2,1-2H3,(H,22,26)(H,23,25,27). The minimum atomic E-state index is -0.685. The largest absolute Gasteiger partial charge is 0.334 e. The first-order chi connectivity index (χ1) is 13.3. The van der Waals surface area contributed by atoms with Gasteiger partial charge in [0.25, 0.3) is 5.56 Å². The number of hydrogen-bond acceptors (Lipinski definition) is 6. The lowest BCUT2D eigenvalue weighted by atomic mass is 10.3. The van der Waals surface area contributed by atoms with Gasteiger partial charge in [-0.15, -0.1) is 0 Å². The van der Waals surface area contributed by atoms with Gasteiger partial charge in [-0.05, 0) is 38.1 Å². The number of benzene rings is 1. The summed E-state index contributed by atoms with van der Waals surface area (Å²) < 4.78 is 1.17. The molecule has 1 aromatic carbocycles. The number of aryl methyl sites for hydroxylation is 2. The highest BCUT2D eigenvalue weighted by atomic mass is 35.5. The number of carbonyl (C=O) groups excluding carboxylic acids is 1. The summed E-state index contributed by atoms with van der Waals surface area (Å²) in [5.74, 6) is -0.351. The van der Waals surface area contributed by atoms with Crippen LogP contribution in [0.5, 0.6) is 0 Å². The Balaban J connectivity index is 1.84. The summed E-state index contributed by atoms with van der Waals surface area (Å²) in [4.78, 5) is 47.1. The number of carbonyl (C=O) groups is 1. The van der Waals surface area contributed by atoms with Crippen molar-refractivity contribution in [2.24, 2.45) is 0 Å². The van der Waals surface area contributed by atoms with Gasteiger partial charge in [0.2, 0.25) is 5.91 Å². The van der Waals surface area contributed by atoms with Crippen molar-refractivity contribution < 1.29 is 4.79 Å². The van der Waals surface area contributed by atoms with E-state index in [1.54, 1.807) is 24.3 Å². The molecule has 0 aliphatic carbocycles. The smallest absolute Gasteiger partial charge is 0.311 e. The zero-order chi connectivity index (χ0) is 20.3. The van der Waals surface area contributed by atoms with Gasteiger partial charge in [-0.3, -0.25) is 14.6 Å². The number of nitrogens with one attached hydrogen (secondary N) is 2. The SMILES string of the molecule is Cc1cc(C)nc(SCC(=O)Nc2cc(=O)[nH]c(=O)n2-c2cccc(Cl)c2)n1. The summed E-state index contributed by atoms with van der Waals surface area (Å²) in [5.41, 5.74) is 0.716. The van der Waals surface area contributed by atoms with Crippen LogP contribution in [0.15, 0.2) is 51.1 Å². The molecule has 0 aliphatic rings. The topological polar surface area (TPSA) is 110 Å². The van der Waals surface area contributed by atoms with Crippen molar-refractivity contribution in [1.82, 2.24) is 19.5 Å². The maximum atomic E-state index is 12.4. The van der Waals surface area contributed by atoms with Crippen LogP contribution in [-0.2, 0) is 4.79 Å². The number of amides is 1. The molecule has 0 unspecified atom stereocenters. The monoisotopic (exact) mass is 417 g/mol. The van der Waals surface area contributed by atoms with Crippen LogP contribution in [0.4, 0.5) is 5.82 Å². The van der Waals surface area contributed by atoms with Crippen molar-refractivity contribution in [2.45, 2.75) is 19.0 Å². The Hall–Kier alpha value is -2.91. The molecule has 10 heteroatoms. The molecule has 2 aromatic heterocycles. The highest BCUT2D eigenvalue weighted by Gasteiger charge is 2.13. The number of anilines is 1. The van der Waals surface area contributed by atoms with Crippen molar-refractivity contribution in [2.75, 3.05) is 11.1 Å². The number of thioether (sulfide) groups is 1. The molecule has 8 nitrogen and oxygen atoms in total. The average Bonchev–Trinajstić information content (AvgIpc) is 2.58. The summed E-state index contributed by atoms with van der Waals surface area (Å²) in [6, 6.07) is 9.48. The lowest BCUT2D eigenvalue weighted by Crippen LogP contribution is -2.32. The number of halogens is 1. The zero-order valence-corrected chi connectivity index (χ0v) is 16.6. The molecule has 0 saturated carbocycles. The molecule has 3 aromatic rings. The second-order valence-corrected chi connectivity index (χ2v) is 7.29. The van der Waals surface area contributed by atoms with Crippen LogP contribution in [0.3, 0.4) is 0 Å². The van der Waals surface area contributed by atoms with Gasteiger partial charge < -0.3 is 5.32 Å². The third-order valence-corrected chi connectivity index (χ3v) is 4.65. The predicted octanol–water partition coefficient (Wildman–Crippen LogP) is 2.32. The van der Waals surface area contributed by atoms with E-state index in [0.717, 1.165) is 29.2 Å². The normalized spacial score (nSPS) is 10.7. The van der Waals surface area contributed by atoms with Crippen molar-refractivity contribution in [1.29, 1.82) is 0 Å². The van der Waals surface area contributed by atoms with E-state index in [1.807, 2.05) is 19.9 Å². The molecule has 3 rings (SSSR count). The van der Waals surface area contributed by atoms with E-state index in [9.17, 15) is 14.4 Å². The van der Waals surface area contributed by atoms with Gasteiger partial charge in [0, 0.05) is 22.5 Å². The number of nitrogens with zero attached hydrogens (tertiary/aromatic N) is 3. The number of H-pyrrole nitrogens is 1. The number of aromatic amines is 1. The molecule has 0 radical (unpaired) electrons. The van der Waals surface area contributed by atoms with Gasteiger partial charge in [0.05, 0.1) is 11.4 Å². The van der Waals surface area contributed by atoms with Crippen molar-refractivity contribution in [3.05, 3.63) is 73.6 Å². The Bertz CT molecular complexity index is 1140. The third kappa shape index (κ3) is 4.87. The molecule has 144 valence electrons. The minimum Gasteiger partial charge on any atom is -0.311 e. The van der Waals surface area contributed by atoms with Crippen LogP contribution in [0, 0.1) is 13.8 Å². The first kappa shape index (κ1) is 19.8. The molecule has 1 amide bonds. The molecular formula is C18H16ClN5O3S. The quantitative estimate of drug-likeness (QED) is 0.487. The van der Waals surface area contributed by atoms with Crippen LogP contribution in [0.1, 0.15) is 11.4 Å². The molecule has 0 bridgehead atoms. The van der Waals surface area contributed by atoms with E-state index >= 15 is 0 Å².